The zero-order valence-corrected chi connectivity index (χ0v) is 15.2. The average molecular weight is 370 g/mol. The summed E-state index contributed by atoms with van der Waals surface area (Å²) >= 11 is 0. The molecule has 2 aromatic heterocycles. The molecule has 138 valence electrons. The van der Waals surface area contributed by atoms with Crippen LogP contribution >= 0.6 is 0 Å². The number of rotatable bonds is 4. The molecule has 0 fully saturated rings. The largest absolute Gasteiger partial charge is 0.383 e. The standard InChI is InChI=1S/C22H18N4O2/c1-14-20(19(28-26-14)12-11-15-7-3-2-4-8-15)25-22(27)17-13-16-9-5-6-10-18(16)24-21(17)23/h2-13H,1H3,(H2,23,24)(H,25,27)/b12-11+. The van der Waals surface area contributed by atoms with Gasteiger partial charge in [0.05, 0.1) is 11.1 Å². The van der Waals surface area contributed by atoms with E-state index >= 15 is 0 Å². The van der Waals surface area contributed by atoms with Crippen LogP contribution in [0.2, 0.25) is 0 Å². The monoisotopic (exact) mass is 370 g/mol. The molecular weight excluding hydrogens is 352 g/mol. The summed E-state index contributed by atoms with van der Waals surface area (Å²) in [7, 11) is 0. The summed E-state index contributed by atoms with van der Waals surface area (Å²) in [6.07, 6.45) is 3.66. The quantitative estimate of drug-likeness (QED) is 0.550. The fourth-order valence-corrected chi connectivity index (χ4v) is 2.88. The van der Waals surface area contributed by atoms with Crippen LogP contribution in [-0.2, 0) is 0 Å². The second kappa shape index (κ2) is 7.36. The van der Waals surface area contributed by atoms with E-state index in [9.17, 15) is 4.79 Å². The fraction of sp³-hybridized carbons (Fsp3) is 0.0455. The molecule has 0 atom stereocenters. The number of anilines is 2. The molecule has 0 radical (unpaired) electrons. The van der Waals surface area contributed by atoms with E-state index < -0.39 is 0 Å². The Labute approximate surface area is 161 Å². The van der Waals surface area contributed by atoms with Gasteiger partial charge in [0.2, 0.25) is 0 Å². The minimum atomic E-state index is -0.364. The first kappa shape index (κ1) is 17.5. The highest BCUT2D eigenvalue weighted by molar-refractivity contribution is 6.10. The number of nitrogens with two attached hydrogens (primary N) is 1. The van der Waals surface area contributed by atoms with Crippen LogP contribution in [0.15, 0.2) is 65.2 Å². The van der Waals surface area contributed by atoms with Crippen molar-refractivity contribution in [1.29, 1.82) is 0 Å². The molecule has 3 N–H and O–H groups in total. The highest BCUT2D eigenvalue weighted by Crippen LogP contribution is 2.25. The molecule has 0 aliphatic heterocycles. The lowest BCUT2D eigenvalue weighted by Crippen LogP contribution is -2.15. The first-order chi connectivity index (χ1) is 13.6. The number of benzene rings is 2. The van der Waals surface area contributed by atoms with Crippen molar-refractivity contribution in [1.82, 2.24) is 10.1 Å². The van der Waals surface area contributed by atoms with Gasteiger partial charge in [-0.1, -0.05) is 59.8 Å². The number of carbonyl (C=O) groups is 1. The Morgan fingerprint density at radius 2 is 1.82 bits per heavy atom. The highest BCUT2D eigenvalue weighted by Gasteiger charge is 2.18. The lowest BCUT2D eigenvalue weighted by molar-refractivity contribution is 0.102. The molecule has 4 rings (SSSR count). The Morgan fingerprint density at radius 1 is 1.07 bits per heavy atom. The molecule has 0 aliphatic carbocycles. The van der Waals surface area contributed by atoms with E-state index in [2.05, 4.69) is 15.5 Å². The topological polar surface area (TPSA) is 94.0 Å². The van der Waals surface area contributed by atoms with E-state index in [0.717, 1.165) is 16.5 Å². The summed E-state index contributed by atoms with van der Waals surface area (Å²) in [5, 5.41) is 7.65. The van der Waals surface area contributed by atoms with Crippen LogP contribution in [-0.4, -0.2) is 16.0 Å². The second-order valence-corrected chi connectivity index (χ2v) is 6.32. The molecule has 2 aromatic carbocycles. The molecule has 1 amide bonds. The van der Waals surface area contributed by atoms with Crippen molar-refractivity contribution in [3.05, 3.63) is 83.2 Å². The van der Waals surface area contributed by atoms with E-state index in [-0.39, 0.29) is 11.7 Å². The predicted octanol–water partition coefficient (Wildman–Crippen LogP) is 4.54. The van der Waals surface area contributed by atoms with Crippen molar-refractivity contribution in [3.8, 4) is 0 Å². The molecule has 6 nitrogen and oxygen atoms in total. The van der Waals surface area contributed by atoms with Gasteiger partial charge in [-0.25, -0.2) is 4.98 Å². The molecule has 0 aliphatic rings. The van der Waals surface area contributed by atoms with Gasteiger partial charge in [0, 0.05) is 5.39 Å². The maximum absolute atomic E-state index is 12.8. The third-order valence-corrected chi connectivity index (χ3v) is 4.35. The lowest BCUT2D eigenvalue weighted by Gasteiger charge is -2.08. The van der Waals surface area contributed by atoms with Crippen molar-refractivity contribution >= 4 is 40.5 Å². The Hall–Kier alpha value is -3.93. The van der Waals surface area contributed by atoms with Gasteiger partial charge in [0.25, 0.3) is 5.91 Å². The third kappa shape index (κ3) is 3.48. The molecule has 0 unspecified atom stereocenters. The number of fused-ring (bicyclic) bond motifs is 1. The van der Waals surface area contributed by atoms with Crippen molar-refractivity contribution in [3.63, 3.8) is 0 Å². The molecule has 0 saturated heterocycles. The number of hydrogen-bond acceptors (Lipinski definition) is 5. The number of nitrogens with one attached hydrogen (secondary N) is 1. The summed E-state index contributed by atoms with van der Waals surface area (Å²) in [6.45, 7) is 1.76. The lowest BCUT2D eigenvalue weighted by atomic mass is 10.1. The molecular formula is C22H18N4O2. The van der Waals surface area contributed by atoms with Crippen LogP contribution in [0.3, 0.4) is 0 Å². The van der Waals surface area contributed by atoms with Crippen molar-refractivity contribution in [2.24, 2.45) is 0 Å². The van der Waals surface area contributed by atoms with E-state index in [0.29, 0.717) is 22.7 Å². The minimum Gasteiger partial charge on any atom is -0.383 e. The second-order valence-electron chi connectivity index (χ2n) is 6.32. The Morgan fingerprint density at radius 3 is 2.64 bits per heavy atom. The Kier molecular flexibility index (Phi) is 4.60. The number of nitrogen functional groups attached to an aromatic ring is 1. The number of para-hydroxylation sites is 1. The van der Waals surface area contributed by atoms with Gasteiger partial charge < -0.3 is 15.6 Å². The summed E-state index contributed by atoms with van der Waals surface area (Å²) in [4.78, 5) is 17.1. The smallest absolute Gasteiger partial charge is 0.259 e. The molecule has 6 heteroatoms. The molecule has 2 heterocycles. The zero-order valence-electron chi connectivity index (χ0n) is 15.2. The van der Waals surface area contributed by atoms with E-state index in [4.69, 9.17) is 10.3 Å². The molecule has 0 bridgehead atoms. The maximum Gasteiger partial charge on any atom is 0.259 e. The number of aromatic nitrogens is 2. The van der Waals surface area contributed by atoms with Crippen LogP contribution in [0.25, 0.3) is 23.1 Å². The SMILES string of the molecule is Cc1noc(/C=C/c2ccccc2)c1NC(=O)c1cc2ccccc2nc1N. The highest BCUT2D eigenvalue weighted by atomic mass is 16.5. The van der Waals surface area contributed by atoms with Crippen LogP contribution in [0.4, 0.5) is 11.5 Å². The number of aryl methyl sites for hydroxylation is 1. The van der Waals surface area contributed by atoms with Crippen LogP contribution in [0.1, 0.15) is 27.4 Å². The maximum atomic E-state index is 12.8. The summed E-state index contributed by atoms with van der Waals surface area (Å²) in [5.41, 5.74) is 9.14. The summed E-state index contributed by atoms with van der Waals surface area (Å²) < 4.78 is 5.36. The summed E-state index contributed by atoms with van der Waals surface area (Å²) in [5.74, 6) is 0.269. The molecule has 4 aromatic rings. The zero-order chi connectivity index (χ0) is 19.5. The van der Waals surface area contributed by atoms with E-state index in [1.165, 1.54) is 0 Å². The van der Waals surface area contributed by atoms with Gasteiger partial charge >= 0.3 is 0 Å². The van der Waals surface area contributed by atoms with E-state index in [1.54, 1.807) is 19.1 Å². The van der Waals surface area contributed by atoms with Gasteiger partial charge in [-0.3, -0.25) is 4.79 Å². The number of pyridine rings is 1. The Balaban J connectivity index is 1.63. The predicted molar refractivity (Wildman–Crippen MR) is 111 cm³/mol. The number of amides is 1. The van der Waals surface area contributed by atoms with Crippen molar-refractivity contribution < 1.29 is 9.32 Å². The van der Waals surface area contributed by atoms with Crippen LogP contribution in [0.5, 0.6) is 0 Å². The van der Waals surface area contributed by atoms with Crippen LogP contribution < -0.4 is 11.1 Å². The Bertz CT molecular complexity index is 1180. The third-order valence-electron chi connectivity index (χ3n) is 4.35. The average Bonchev–Trinajstić information content (AvgIpc) is 3.06. The normalized spacial score (nSPS) is 11.2. The van der Waals surface area contributed by atoms with Crippen molar-refractivity contribution in [2.75, 3.05) is 11.1 Å². The first-order valence-corrected chi connectivity index (χ1v) is 8.78. The van der Waals surface area contributed by atoms with Gasteiger partial charge in [-0.2, -0.15) is 0 Å². The number of carbonyl (C=O) groups excluding carboxylic acids is 1. The van der Waals surface area contributed by atoms with Crippen LogP contribution in [0, 0.1) is 6.92 Å². The minimum absolute atomic E-state index is 0.173. The number of nitrogens with zero attached hydrogens (tertiary/aromatic N) is 2. The fourth-order valence-electron chi connectivity index (χ4n) is 2.88. The number of hydrogen-bond donors (Lipinski definition) is 2. The first-order valence-electron chi connectivity index (χ1n) is 8.78. The van der Waals surface area contributed by atoms with E-state index in [1.807, 2.05) is 60.7 Å². The van der Waals surface area contributed by atoms with Gasteiger partial charge in [0.15, 0.2) is 5.76 Å². The van der Waals surface area contributed by atoms with Gasteiger partial charge in [-0.05, 0) is 30.7 Å². The van der Waals surface area contributed by atoms with Gasteiger partial charge in [0.1, 0.15) is 17.2 Å². The molecule has 28 heavy (non-hydrogen) atoms. The molecule has 0 saturated carbocycles. The van der Waals surface area contributed by atoms with Gasteiger partial charge in [-0.15, -0.1) is 0 Å². The summed E-state index contributed by atoms with van der Waals surface area (Å²) in [6, 6.07) is 19.0. The van der Waals surface area contributed by atoms with Crippen molar-refractivity contribution in [2.45, 2.75) is 6.92 Å². The molecule has 0 spiro atoms.